The van der Waals surface area contributed by atoms with E-state index in [1.54, 1.807) is 0 Å². The maximum atomic E-state index is 5.94. The van der Waals surface area contributed by atoms with Gasteiger partial charge >= 0.3 is 0 Å². The van der Waals surface area contributed by atoms with Gasteiger partial charge in [-0.05, 0) is 36.8 Å². The summed E-state index contributed by atoms with van der Waals surface area (Å²) in [6, 6.07) is 10.5. The second-order valence-corrected chi connectivity index (χ2v) is 5.29. The van der Waals surface area contributed by atoms with Crippen LogP contribution in [0.4, 0.5) is 5.69 Å². The van der Waals surface area contributed by atoms with Crippen molar-refractivity contribution in [3.63, 3.8) is 0 Å². The van der Waals surface area contributed by atoms with Gasteiger partial charge in [0.15, 0.2) is 5.96 Å². The molecular formula is C14H20IN3. The summed E-state index contributed by atoms with van der Waals surface area (Å²) in [5.41, 5.74) is 7.48. The Bertz CT molecular complexity index is 424. The van der Waals surface area contributed by atoms with Crippen LogP contribution in [0, 0.1) is 5.41 Å². The van der Waals surface area contributed by atoms with Crippen molar-refractivity contribution in [2.75, 3.05) is 5.32 Å². The number of nitrogens with two attached hydrogens (primary N) is 1. The molecule has 0 aliphatic heterocycles. The number of halogens is 1. The van der Waals surface area contributed by atoms with Crippen LogP contribution in [0.2, 0.25) is 0 Å². The maximum Gasteiger partial charge on any atom is 0.193 e. The van der Waals surface area contributed by atoms with Gasteiger partial charge in [-0.25, -0.2) is 4.99 Å². The van der Waals surface area contributed by atoms with Gasteiger partial charge in [-0.3, -0.25) is 0 Å². The molecule has 1 spiro atoms. The lowest BCUT2D eigenvalue weighted by Gasteiger charge is -2.07. The average molecular weight is 357 g/mol. The van der Waals surface area contributed by atoms with Crippen LogP contribution in [0.1, 0.15) is 32.1 Å². The SMILES string of the molecule is I.NC(=NC1CC12CCCC2)Nc1ccccc1. The standard InChI is InChI=1S/C14H19N3.HI/c15-13(16-11-6-2-1-3-7-11)17-12-10-14(12)8-4-5-9-14;/h1-3,6-7,12H,4-5,8-10H2,(H3,15,16,17);1H. The van der Waals surface area contributed by atoms with E-state index in [9.17, 15) is 0 Å². The molecular weight excluding hydrogens is 337 g/mol. The molecule has 1 aromatic carbocycles. The van der Waals surface area contributed by atoms with Crippen LogP contribution in [-0.2, 0) is 0 Å². The Kier molecular flexibility index (Phi) is 4.14. The Hall–Kier alpha value is -0.780. The average Bonchev–Trinajstić information content (AvgIpc) is 2.76. The van der Waals surface area contributed by atoms with Crippen molar-refractivity contribution in [2.45, 2.75) is 38.1 Å². The van der Waals surface area contributed by atoms with Gasteiger partial charge in [0.2, 0.25) is 0 Å². The van der Waals surface area contributed by atoms with Crippen LogP contribution >= 0.6 is 24.0 Å². The number of hydrogen-bond donors (Lipinski definition) is 2. The van der Waals surface area contributed by atoms with E-state index >= 15 is 0 Å². The first kappa shape index (κ1) is 13.6. The number of hydrogen-bond acceptors (Lipinski definition) is 1. The van der Waals surface area contributed by atoms with E-state index in [-0.39, 0.29) is 24.0 Å². The summed E-state index contributed by atoms with van der Waals surface area (Å²) in [6.07, 6.45) is 6.68. The van der Waals surface area contributed by atoms with Crippen molar-refractivity contribution in [3.05, 3.63) is 30.3 Å². The van der Waals surface area contributed by atoms with Crippen molar-refractivity contribution in [1.29, 1.82) is 0 Å². The summed E-state index contributed by atoms with van der Waals surface area (Å²) in [5, 5.41) is 3.15. The van der Waals surface area contributed by atoms with Crippen molar-refractivity contribution >= 4 is 35.6 Å². The van der Waals surface area contributed by atoms with E-state index in [1.165, 1.54) is 32.1 Å². The highest BCUT2D eigenvalue weighted by atomic mass is 127. The van der Waals surface area contributed by atoms with Gasteiger partial charge in [0, 0.05) is 5.69 Å². The molecule has 18 heavy (non-hydrogen) atoms. The summed E-state index contributed by atoms with van der Waals surface area (Å²) in [4.78, 5) is 4.60. The van der Waals surface area contributed by atoms with E-state index in [4.69, 9.17) is 5.73 Å². The van der Waals surface area contributed by atoms with Crippen LogP contribution in [0.5, 0.6) is 0 Å². The molecule has 2 aliphatic carbocycles. The number of nitrogens with zero attached hydrogens (tertiary/aromatic N) is 1. The molecule has 0 heterocycles. The fraction of sp³-hybridized carbons (Fsp3) is 0.500. The minimum Gasteiger partial charge on any atom is -0.370 e. The summed E-state index contributed by atoms with van der Waals surface area (Å²) in [7, 11) is 0. The lowest BCUT2D eigenvalue weighted by atomic mass is 10.1. The molecule has 3 rings (SSSR count). The van der Waals surface area contributed by atoms with E-state index in [1.807, 2.05) is 30.3 Å². The predicted octanol–water partition coefficient (Wildman–Crippen LogP) is 3.36. The summed E-state index contributed by atoms with van der Waals surface area (Å²) in [6.45, 7) is 0. The summed E-state index contributed by atoms with van der Waals surface area (Å²) in [5.74, 6) is 0.560. The second kappa shape index (κ2) is 5.47. The van der Waals surface area contributed by atoms with Gasteiger partial charge in [0.25, 0.3) is 0 Å². The number of anilines is 1. The van der Waals surface area contributed by atoms with Gasteiger partial charge in [0.1, 0.15) is 0 Å². The molecule has 3 N–H and O–H groups in total. The maximum absolute atomic E-state index is 5.94. The molecule has 0 radical (unpaired) electrons. The fourth-order valence-electron chi connectivity index (χ4n) is 2.99. The highest BCUT2D eigenvalue weighted by Crippen LogP contribution is 2.59. The van der Waals surface area contributed by atoms with Crippen molar-refractivity contribution in [3.8, 4) is 0 Å². The monoisotopic (exact) mass is 357 g/mol. The third kappa shape index (κ3) is 2.79. The van der Waals surface area contributed by atoms with E-state index in [2.05, 4.69) is 10.3 Å². The quantitative estimate of drug-likeness (QED) is 0.485. The molecule has 0 aromatic heterocycles. The molecule has 1 unspecified atom stereocenters. The van der Waals surface area contributed by atoms with Crippen molar-refractivity contribution in [1.82, 2.24) is 0 Å². The van der Waals surface area contributed by atoms with Crippen LogP contribution in [0.3, 0.4) is 0 Å². The van der Waals surface area contributed by atoms with Crippen molar-refractivity contribution in [2.24, 2.45) is 16.1 Å². The molecule has 1 aromatic rings. The van der Waals surface area contributed by atoms with Crippen molar-refractivity contribution < 1.29 is 0 Å². The zero-order valence-electron chi connectivity index (χ0n) is 10.4. The number of guanidine groups is 1. The third-order valence-electron chi connectivity index (χ3n) is 4.09. The molecule has 0 bridgehead atoms. The van der Waals surface area contributed by atoms with Crippen LogP contribution < -0.4 is 11.1 Å². The molecule has 4 heteroatoms. The van der Waals surface area contributed by atoms with E-state index in [0.29, 0.717) is 17.4 Å². The number of aliphatic imine (C=N–C) groups is 1. The predicted molar refractivity (Wildman–Crippen MR) is 86.4 cm³/mol. The highest BCUT2D eigenvalue weighted by molar-refractivity contribution is 14.0. The molecule has 2 aliphatic rings. The first-order chi connectivity index (χ1) is 8.28. The fourth-order valence-corrected chi connectivity index (χ4v) is 2.99. The Morgan fingerprint density at radius 2 is 1.89 bits per heavy atom. The second-order valence-electron chi connectivity index (χ2n) is 5.29. The molecule has 2 fully saturated rings. The Morgan fingerprint density at radius 3 is 2.56 bits per heavy atom. The number of para-hydroxylation sites is 1. The minimum absolute atomic E-state index is 0. The van der Waals surface area contributed by atoms with E-state index in [0.717, 1.165) is 5.69 Å². The van der Waals surface area contributed by atoms with E-state index < -0.39 is 0 Å². The minimum atomic E-state index is 0. The van der Waals surface area contributed by atoms with Gasteiger partial charge in [0.05, 0.1) is 6.04 Å². The Balaban J connectivity index is 0.00000120. The number of nitrogens with one attached hydrogen (secondary N) is 1. The number of rotatable bonds is 2. The third-order valence-corrected chi connectivity index (χ3v) is 4.09. The van der Waals surface area contributed by atoms with Gasteiger partial charge < -0.3 is 11.1 Å². The normalized spacial score (nSPS) is 24.7. The van der Waals surface area contributed by atoms with Gasteiger partial charge in [-0.15, -0.1) is 24.0 Å². The smallest absolute Gasteiger partial charge is 0.193 e. The molecule has 3 nitrogen and oxygen atoms in total. The van der Waals surface area contributed by atoms with Gasteiger partial charge in [-0.1, -0.05) is 31.0 Å². The van der Waals surface area contributed by atoms with Gasteiger partial charge in [-0.2, -0.15) is 0 Å². The summed E-state index contributed by atoms with van der Waals surface area (Å²) >= 11 is 0. The Labute approximate surface area is 125 Å². The lowest BCUT2D eigenvalue weighted by molar-refractivity contribution is 0.511. The van der Waals surface area contributed by atoms with Crippen LogP contribution in [0.25, 0.3) is 0 Å². The van der Waals surface area contributed by atoms with Crippen LogP contribution in [-0.4, -0.2) is 12.0 Å². The topological polar surface area (TPSA) is 50.4 Å². The Morgan fingerprint density at radius 1 is 1.22 bits per heavy atom. The molecule has 1 atom stereocenters. The molecule has 98 valence electrons. The lowest BCUT2D eigenvalue weighted by Crippen LogP contribution is -2.23. The first-order valence-corrected chi connectivity index (χ1v) is 6.44. The molecule has 0 saturated heterocycles. The highest BCUT2D eigenvalue weighted by Gasteiger charge is 2.55. The summed E-state index contributed by atoms with van der Waals surface area (Å²) < 4.78 is 0. The zero-order valence-corrected chi connectivity index (χ0v) is 12.8. The molecule has 2 saturated carbocycles. The molecule has 0 amide bonds. The largest absolute Gasteiger partial charge is 0.370 e. The van der Waals surface area contributed by atoms with Crippen LogP contribution in [0.15, 0.2) is 35.3 Å². The first-order valence-electron chi connectivity index (χ1n) is 6.44. The number of benzene rings is 1. The zero-order chi connectivity index (χ0) is 11.7.